The molecule has 0 aromatic carbocycles. The fraction of sp³-hybridized carbons (Fsp3) is 0.200. The Kier molecular flexibility index (Phi) is 1.92. The molecule has 0 saturated heterocycles. The molecule has 0 atom stereocenters. The van der Waals surface area contributed by atoms with Gasteiger partial charge in [-0.15, -0.1) is 10.2 Å². The zero-order valence-corrected chi connectivity index (χ0v) is 8.42. The van der Waals surface area contributed by atoms with Crippen LogP contribution in [0, 0.1) is 0 Å². The quantitative estimate of drug-likeness (QED) is 0.731. The van der Waals surface area contributed by atoms with Gasteiger partial charge in [-0.2, -0.15) is 0 Å². The van der Waals surface area contributed by atoms with Crippen molar-refractivity contribution in [3.63, 3.8) is 0 Å². The largest absolute Gasteiger partial charge is 0.348 e. The van der Waals surface area contributed by atoms with E-state index in [9.17, 15) is 4.79 Å². The lowest BCUT2D eigenvalue weighted by Gasteiger charge is -2.15. The van der Waals surface area contributed by atoms with E-state index in [4.69, 9.17) is 0 Å². The molecule has 6 heteroatoms. The van der Waals surface area contributed by atoms with Crippen LogP contribution < -0.4 is 5.32 Å². The maximum atomic E-state index is 11.5. The van der Waals surface area contributed by atoms with E-state index in [1.165, 1.54) is 0 Å². The second-order valence-electron chi connectivity index (χ2n) is 3.50. The van der Waals surface area contributed by atoms with Crippen LogP contribution in [0.4, 0.5) is 0 Å². The van der Waals surface area contributed by atoms with Crippen molar-refractivity contribution in [2.75, 3.05) is 6.54 Å². The zero-order valence-electron chi connectivity index (χ0n) is 8.42. The smallest absolute Gasteiger partial charge is 0.289 e. The summed E-state index contributed by atoms with van der Waals surface area (Å²) in [6.45, 7) is 1.30. The highest BCUT2D eigenvalue weighted by molar-refractivity contribution is 5.91. The Labute approximate surface area is 91.3 Å². The lowest BCUT2D eigenvalue weighted by atomic mass is 10.2. The van der Waals surface area contributed by atoms with Gasteiger partial charge in [0.05, 0.1) is 0 Å². The van der Waals surface area contributed by atoms with Crippen LogP contribution in [0.1, 0.15) is 10.6 Å². The van der Waals surface area contributed by atoms with Crippen molar-refractivity contribution >= 4 is 5.91 Å². The predicted octanol–water partition coefficient (Wildman–Crippen LogP) is 0.0835. The van der Waals surface area contributed by atoms with Gasteiger partial charge in [-0.1, -0.05) is 0 Å². The molecule has 0 aliphatic carbocycles. The van der Waals surface area contributed by atoms with E-state index in [1.807, 2.05) is 16.7 Å². The van der Waals surface area contributed by atoms with Crippen LogP contribution in [0.5, 0.6) is 0 Å². The SMILES string of the molecule is O=C1NCCn2c1nnc2-c1cccnc1. The standard InChI is InChI=1S/C10H9N5O/c16-10-9-14-13-8(15(9)5-4-12-10)7-2-1-3-11-6-7/h1-3,6H,4-5H2,(H,12,16). The number of carbonyl (C=O) groups excluding carboxylic acids is 1. The van der Waals surface area contributed by atoms with Gasteiger partial charge in [0.2, 0.25) is 5.82 Å². The summed E-state index contributed by atoms with van der Waals surface area (Å²) < 4.78 is 1.82. The minimum absolute atomic E-state index is 0.172. The zero-order chi connectivity index (χ0) is 11.0. The van der Waals surface area contributed by atoms with Crippen molar-refractivity contribution in [3.8, 4) is 11.4 Å². The van der Waals surface area contributed by atoms with Crippen molar-refractivity contribution < 1.29 is 4.79 Å². The number of rotatable bonds is 1. The van der Waals surface area contributed by atoms with Gasteiger partial charge in [0, 0.05) is 31.0 Å². The van der Waals surface area contributed by atoms with Gasteiger partial charge in [-0.25, -0.2) is 0 Å². The number of fused-ring (bicyclic) bond motifs is 1. The van der Waals surface area contributed by atoms with Gasteiger partial charge in [0.15, 0.2) is 5.82 Å². The van der Waals surface area contributed by atoms with E-state index in [1.54, 1.807) is 12.4 Å². The number of nitrogens with zero attached hydrogens (tertiary/aromatic N) is 4. The number of hydrogen-bond acceptors (Lipinski definition) is 4. The number of hydrogen-bond donors (Lipinski definition) is 1. The molecule has 1 N–H and O–H groups in total. The lowest BCUT2D eigenvalue weighted by Crippen LogP contribution is -2.35. The highest BCUT2D eigenvalue weighted by Gasteiger charge is 2.22. The van der Waals surface area contributed by atoms with E-state index in [0.717, 1.165) is 5.56 Å². The minimum Gasteiger partial charge on any atom is -0.348 e. The van der Waals surface area contributed by atoms with Crippen molar-refractivity contribution in [1.82, 2.24) is 25.1 Å². The summed E-state index contributed by atoms with van der Waals surface area (Å²) in [6, 6.07) is 3.73. The number of carbonyl (C=O) groups is 1. The molecule has 1 aliphatic rings. The van der Waals surface area contributed by atoms with Crippen LogP contribution in [0.15, 0.2) is 24.5 Å². The predicted molar refractivity (Wildman–Crippen MR) is 55.6 cm³/mol. The molecule has 0 spiro atoms. The first kappa shape index (κ1) is 9.02. The van der Waals surface area contributed by atoms with Crippen LogP contribution in [0.3, 0.4) is 0 Å². The van der Waals surface area contributed by atoms with Gasteiger partial charge in [0.25, 0.3) is 5.91 Å². The summed E-state index contributed by atoms with van der Waals surface area (Å²) in [5, 5.41) is 10.6. The maximum Gasteiger partial charge on any atom is 0.289 e. The van der Waals surface area contributed by atoms with Crippen LogP contribution in [0.2, 0.25) is 0 Å². The minimum atomic E-state index is -0.172. The van der Waals surface area contributed by atoms with Crippen molar-refractivity contribution in [2.24, 2.45) is 0 Å². The van der Waals surface area contributed by atoms with Gasteiger partial charge >= 0.3 is 0 Å². The monoisotopic (exact) mass is 215 g/mol. The Morgan fingerprint density at radius 2 is 2.19 bits per heavy atom. The van der Waals surface area contributed by atoms with Gasteiger partial charge in [0.1, 0.15) is 0 Å². The molecule has 1 aliphatic heterocycles. The Balaban J connectivity index is 2.13. The molecular formula is C10H9N5O. The number of amides is 1. The molecule has 3 heterocycles. The molecule has 0 saturated carbocycles. The molecule has 0 bridgehead atoms. The van der Waals surface area contributed by atoms with Crippen LogP contribution >= 0.6 is 0 Å². The fourth-order valence-electron chi connectivity index (χ4n) is 1.75. The van der Waals surface area contributed by atoms with Crippen molar-refractivity contribution in [1.29, 1.82) is 0 Å². The molecule has 0 radical (unpaired) electrons. The molecule has 1 amide bonds. The Bertz CT molecular complexity index is 533. The average Bonchev–Trinajstić information content (AvgIpc) is 2.75. The molecule has 2 aromatic rings. The van der Waals surface area contributed by atoms with Crippen molar-refractivity contribution in [3.05, 3.63) is 30.4 Å². The molecule has 6 nitrogen and oxygen atoms in total. The summed E-state index contributed by atoms with van der Waals surface area (Å²) in [5.74, 6) is 0.886. The van der Waals surface area contributed by atoms with E-state index in [2.05, 4.69) is 20.5 Å². The lowest BCUT2D eigenvalue weighted by molar-refractivity contribution is 0.0922. The molecule has 0 unspecified atom stereocenters. The third kappa shape index (κ3) is 1.27. The van der Waals surface area contributed by atoms with Crippen LogP contribution in [-0.2, 0) is 6.54 Å². The molecule has 16 heavy (non-hydrogen) atoms. The third-order valence-corrected chi connectivity index (χ3v) is 2.49. The second-order valence-corrected chi connectivity index (χ2v) is 3.50. The maximum absolute atomic E-state index is 11.5. The topological polar surface area (TPSA) is 72.7 Å². The summed E-state index contributed by atoms with van der Waals surface area (Å²) in [6.07, 6.45) is 3.41. The first-order chi connectivity index (χ1) is 7.86. The van der Waals surface area contributed by atoms with Gasteiger partial charge in [-0.3, -0.25) is 9.78 Å². The average molecular weight is 215 g/mol. The van der Waals surface area contributed by atoms with Crippen molar-refractivity contribution in [2.45, 2.75) is 6.54 Å². The summed E-state index contributed by atoms with van der Waals surface area (Å²) in [5.41, 5.74) is 0.871. The van der Waals surface area contributed by atoms with Gasteiger partial charge in [-0.05, 0) is 12.1 Å². The van der Waals surface area contributed by atoms with E-state index >= 15 is 0 Å². The summed E-state index contributed by atoms with van der Waals surface area (Å²) >= 11 is 0. The molecular weight excluding hydrogens is 206 g/mol. The first-order valence-electron chi connectivity index (χ1n) is 4.98. The van der Waals surface area contributed by atoms with Crippen LogP contribution in [-0.4, -0.2) is 32.2 Å². The second kappa shape index (κ2) is 3.41. The summed E-state index contributed by atoms with van der Waals surface area (Å²) in [7, 11) is 0. The summed E-state index contributed by atoms with van der Waals surface area (Å²) in [4.78, 5) is 15.5. The Morgan fingerprint density at radius 1 is 1.31 bits per heavy atom. The Morgan fingerprint density at radius 3 is 3.00 bits per heavy atom. The Hall–Kier alpha value is -2.24. The van der Waals surface area contributed by atoms with E-state index in [0.29, 0.717) is 24.7 Å². The van der Waals surface area contributed by atoms with E-state index < -0.39 is 0 Å². The highest BCUT2D eigenvalue weighted by atomic mass is 16.2. The molecule has 80 valence electrons. The first-order valence-corrected chi connectivity index (χ1v) is 4.98. The van der Waals surface area contributed by atoms with E-state index in [-0.39, 0.29) is 5.91 Å². The number of pyridine rings is 1. The highest BCUT2D eigenvalue weighted by Crippen LogP contribution is 2.17. The number of aromatic nitrogens is 4. The normalized spacial score (nSPS) is 14.4. The molecule has 2 aromatic heterocycles. The molecule has 0 fully saturated rings. The number of nitrogens with one attached hydrogen (secondary N) is 1. The third-order valence-electron chi connectivity index (χ3n) is 2.49. The molecule has 3 rings (SSSR count). The fourth-order valence-corrected chi connectivity index (χ4v) is 1.75. The van der Waals surface area contributed by atoms with Crippen LogP contribution in [0.25, 0.3) is 11.4 Å². The van der Waals surface area contributed by atoms with Gasteiger partial charge < -0.3 is 9.88 Å².